The summed E-state index contributed by atoms with van der Waals surface area (Å²) in [6, 6.07) is 29.0. The highest BCUT2D eigenvalue weighted by atomic mass is 28.4. The van der Waals surface area contributed by atoms with Gasteiger partial charge in [-0.2, -0.15) is 16.4 Å². The molecule has 0 aliphatic carbocycles. The van der Waals surface area contributed by atoms with E-state index in [1.165, 1.54) is 47.0 Å². The molecule has 4 aromatic rings. The molecule has 0 amide bonds. The van der Waals surface area contributed by atoms with E-state index in [4.69, 9.17) is 13.3 Å². The fourth-order valence-electron chi connectivity index (χ4n) is 5.41. The van der Waals surface area contributed by atoms with E-state index >= 15 is 0 Å². The van der Waals surface area contributed by atoms with Crippen molar-refractivity contribution in [2.24, 2.45) is 0 Å². The van der Waals surface area contributed by atoms with Crippen LogP contribution in [0.2, 0.25) is 5.94 Å². The second-order valence-corrected chi connectivity index (χ2v) is 12.9. The number of nitrogens with one attached hydrogen (secondary N) is 1. The van der Waals surface area contributed by atoms with Crippen molar-refractivity contribution >= 4 is 37.0 Å². The standard InChI is InChI=1S/C25H29BF3O3Si.C8H11N/c1-4-30-33(31-5-2,32-6-3)19-26(20-7-13-23(27)14-8-20,21-9-15-24(28)16-10-21)22-11-17-25(29)18-12-22;1-9(2)8-6-4-3-5-7-8/h7-18H,4-6,19H2,1-3H3;3-7H,1-2H3/q-1;/p+1. The van der Waals surface area contributed by atoms with E-state index in [1.807, 2.05) is 26.8 Å². The molecule has 0 heterocycles. The minimum atomic E-state index is -3.27. The highest BCUT2D eigenvalue weighted by Crippen LogP contribution is 2.25. The van der Waals surface area contributed by atoms with Crippen molar-refractivity contribution in [3.8, 4) is 0 Å². The molecule has 0 fully saturated rings. The third kappa shape index (κ3) is 8.43. The molecule has 0 unspecified atom stereocenters. The average Bonchev–Trinajstić information content (AvgIpc) is 2.99. The zero-order valence-electron chi connectivity index (χ0n) is 25.1. The quantitative estimate of drug-likeness (QED) is 0.243. The third-order valence-electron chi connectivity index (χ3n) is 7.32. The number of hydrogen-bond donors (Lipinski definition) is 1. The molecule has 0 bridgehead atoms. The van der Waals surface area contributed by atoms with Gasteiger partial charge in [0, 0.05) is 19.8 Å². The van der Waals surface area contributed by atoms with Crippen molar-refractivity contribution < 1.29 is 31.3 Å². The van der Waals surface area contributed by atoms with Gasteiger partial charge in [0.2, 0.25) is 0 Å². The van der Waals surface area contributed by atoms with Gasteiger partial charge >= 0.3 is 8.80 Å². The van der Waals surface area contributed by atoms with Crippen LogP contribution in [0.5, 0.6) is 0 Å². The molecule has 0 saturated heterocycles. The Bertz CT molecular complexity index is 1210. The summed E-state index contributed by atoms with van der Waals surface area (Å²) in [5, 5.41) is 0. The number of rotatable bonds is 12. The van der Waals surface area contributed by atoms with E-state index in [1.54, 1.807) is 36.4 Å². The summed E-state index contributed by atoms with van der Waals surface area (Å²) in [5.41, 5.74) is 3.72. The summed E-state index contributed by atoms with van der Waals surface area (Å²) >= 11 is 0. The Balaban J connectivity index is 0.000000458. The Hall–Kier alpha value is -3.21. The average molecular weight is 596 g/mol. The van der Waals surface area contributed by atoms with Gasteiger partial charge in [0.15, 0.2) is 0 Å². The molecule has 4 nitrogen and oxygen atoms in total. The smallest absolute Gasteiger partial charge is 0.376 e. The van der Waals surface area contributed by atoms with Crippen LogP contribution in [0.15, 0.2) is 103 Å². The lowest BCUT2D eigenvalue weighted by Gasteiger charge is -2.47. The summed E-state index contributed by atoms with van der Waals surface area (Å²) < 4.78 is 60.4. The molecule has 0 aliphatic rings. The first-order valence-corrected chi connectivity index (χ1v) is 16.4. The molecule has 0 saturated carbocycles. The summed E-state index contributed by atoms with van der Waals surface area (Å²) in [6.45, 7) is 6.78. The first-order valence-electron chi connectivity index (χ1n) is 14.4. The number of benzene rings is 4. The van der Waals surface area contributed by atoms with Crippen molar-refractivity contribution in [2.45, 2.75) is 26.7 Å². The number of quaternary nitrogens is 1. The van der Waals surface area contributed by atoms with E-state index in [0.717, 1.165) is 16.4 Å². The number of hydrogen-bond acceptors (Lipinski definition) is 3. The fourth-order valence-corrected chi connectivity index (χ4v) is 8.79. The van der Waals surface area contributed by atoms with Gasteiger partial charge in [-0.25, -0.2) is 13.2 Å². The minimum absolute atomic E-state index is 0.325. The van der Waals surface area contributed by atoms with Gasteiger partial charge in [0.25, 0.3) is 0 Å². The molecule has 42 heavy (non-hydrogen) atoms. The molecular weight excluding hydrogens is 554 g/mol. The monoisotopic (exact) mass is 595 g/mol. The molecule has 0 aliphatic heterocycles. The molecule has 4 aromatic carbocycles. The van der Waals surface area contributed by atoms with Gasteiger partial charge in [-0.1, -0.05) is 60.5 Å². The molecule has 224 valence electrons. The van der Waals surface area contributed by atoms with Gasteiger partial charge in [-0.3, -0.25) is 0 Å². The minimum Gasteiger partial charge on any atom is -0.376 e. The van der Waals surface area contributed by atoms with Crippen molar-refractivity contribution in [3.63, 3.8) is 0 Å². The first-order chi connectivity index (χ1) is 20.2. The predicted molar refractivity (Wildman–Crippen MR) is 168 cm³/mol. The second kappa shape index (κ2) is 15.9. The van der Waals surface area contributed by atoms with Crippen LogP contribution in [0, 0.1) is 17.5 Å². The van der Waals surface area contributed by atoms with E-state index < -0.39 is 15.0 Å². The highest BCUT2D eigenvalue weighted by molar-refractivity contribution is 7.15. The van der Waals surface area contributed by atoms with Crippen molar-refractivity contribution in [3.05, 3.63) is 121 Å². The maximum atomic E-state index is 13.9. The lowest BCUT2D eigenvalue weighted by atomic mass is 9.17. The van der Waals surface area contributed by atoms with Crippen LogP contribution < -0.4 is 21.3 Å². The number of halogens is 3. The normalized spacial score (nSPS) is 11.7. The Morgan fingerprint density at radius 2 is 0.881 bits per heavy atom. The van der Waals surface area contributed by atoms with Crippen molar-refractivity contribution in [1.29, 1.82) is 0 Å². The molecule has 4 rings (SSSR count). The van der Waals surface area contributed by atoms with E-state index in [9.17, 15) is 13.2 Å². The molecule has 0 spiro atoms. The zero-order chi connectivity index (χ0) is 30.6. The largest absolute Gasteiger partial charge is 0.465 e. The third-order valence-corrected chi connectivity index (χ3v) is 10.6. The molecular formula is C33H41BF3NO3Si. The Labute approximate surface area is 249 Å². The Kier molecular flexibility index (Phi) is 12.6. The summed E-state index contributed by atoms with van der Waals surface area (Å²) in [4.78, 5) is 1.37. The van der Waals surface area contributed by atoms with Crippen molar-refractivity contribution in [1.82, 2.24) is 0 Å². The Morgan fingerprint density at radius 3 is 1.14 bits per heavy atom. The maximum Gasteiger partial charge on any atom is 0.465 e. The van der Waals surface area contributed by atoms with Gasteiger partial charge < -0.3 is 18.2 Å². The number of para-hydroxylation sites is 1. The second-order valence-electron chi connectivity index (χ2n) is 10.3. The lowest BCUT2D eigenvalue weighted by Crippen LogP contribution is -3.00. The van der Waals surface area contributed by atoms with Gasteiger partial charge in [0.1, 0.15) is 23.1 Å². The van der Waals surface area contributed by atoms with E-state index in [2.05, 4.69) is 38.4 Å². The van der Waals surface area contributed by atoms with Gasteiger partial charge in [-0.15, -0.1) is 0 Å². The van der Waals surface area contributed by atoms with Crippen LogP contribution in [-0.4, -0.2) is 48.9 Å². The van der Waals surface area contributed by atoms with Crippen LogP contribution in [0.1, 0.15) is 20.8 Å². The van der Waals surface area contributed by atoms with Crippen LogP contribution in [0.25, 0.3) is 0 Å². The maximum absolute atomic E-state index is 13.9. The molecule has 0 radical (unpaired) electrons. The van der Waals surface area contributed by atoms with Crippen LogP contribution in [0.4, 0.5) is 18.9 Å². The van der Waals surface area contributed by atoms with Gasteiger partial charge in [-0.05, 0) is 69.3 Å². The topological polar surface area (TPSA) is 32.1 Å². The summed E-state index contributed by atoms with van der Waals surface area (Å²) in [5.74, 6) is -0.787. The van der Waals surface area contributed by atoms with Gasteiger partial charge in [0.05, 0.1) is 20.2 Å². The first kappa shape index (κ1) is 33.3. The molecule has 9 heteroatoms. The summed E-state index contributed by atoms with van der Waals surface area (Å²) in [7, 11) is 0.967. The molecule has 1 N–H and O–H groups in total. The van der Waals surface area contributed by atoms with Crippen molar-refractivity contribution in [2.75, 3.05) is 33.9 Å². The van der Waals surface area contributed by atoms with E-state index in [0.29, 0.717) is 25.8 Å². The van der Waals surface area contributed by atoms with Crippen LogP contribution in [-0.2, 0) is 13.3 Å². The SMILES string of the molecule is CCO[Si](C[B-](c1ccc(F)cc1)(c1ccc(F)cc1)c1ccc(F)cc1)(OCC)OCC.C[NH+](C)c1ccccc1. The molecule has 0 atom stereocenters. The lowest BCUT2D eigenvalue weighted by molar-refractivity contribution is -0.786. The van der Waals surface area contributed by atoms with Crippen LogP contribution in [0.3, 0.4) is 0 Å². The Morgan fingerprint density at radius 1 is 0.548 bits per heavy atom. The zero-order valence-corrected chi connectivity index (χ0v) is 26.1. The highest BCUT2D eigenvalue weighted by Gasteiger charge is 2.46. The molecule has 0 aromatic heterocycles. The predicted octanol–water partition coefficient (Wildman–Crippen LogP) is 4.62. The summed E-state index contributed by atoms with van der Waals surface area (Å²) in [6.07, 6.45) is -1.91. The van der Waals surface area contributed by atoms with Crippen LogP contribution >= 0.6 is 0 Å². The fraction of sp³-hybridized carbons (Fsp3) is 0.273. The van der Waals surface area contributed by atoms with E-state index in [-0.39, 0.29) is 17.5 Å².